The molecule has 1 unspecified atom stereocenters. The van der Waals surface area contributed by atoms with Crippen LogP contribution in [0.15, 0.2) is 72.9 Å². The molecule has 0 aromatic carbocycles. The zero-order chi connectivity index (χ0) is 58.5. The molecule has 0 aromatic heterocycles. The summed E-state index contributed by atoms with van der Waals surface area (Å²) in [5.74, 6) is -0.865. The quantitative estimate of drug-likeness (QED) is 0.0261. The van der Waals surface area contributed by atoms with E-state index in [1.54, 1.807) is 0 Å². The standard InChI is InChI=1S/C75H134O6/c1-4-7-10-13-15-17-19-21-23-25-27-29-31-33-34-35-36-37-38-39-40-42-43-45-47-49-51-53-55-57-59-62-65-68-74(77)80-71-72(70-79-73(76)67-64-61-12-9-6-3)81-75(78)69-66-63-60-58-56-54-52-50-48-46-44-41-32-30-28-26-24-22-20-18-16-14-11-8-5-2/h7,10,15,17,21,23,26-29,33-34,72H,4-6,8-9,11-14,16,18-20,22,24-25,30-32,35-71H2,1-3H3/b10-7-,17-15-,23-21-,28-26-,29-27-,34-33-. The fourth-order valence-corrected chi connectivity index (χ4v) is 10.4. The van der Waals surface area contributed by atoms with Gasteiger partial charge in [0, 0.05) is 19.3 Å². The molecule has 0 heterocycles. The number of carbonyl (C=O) groups is 3. The average Bonchev–Trinajstić information content (AvgIpc) is 3.47. The minimum absolute atomic E-state index is 0.0705. The molecule has 1 atom stereocenters. The maximum Gasteiger partial charge on any atom is 0.306 e. The van der Waals surface area contributed by atoms with E-state index in [4.69, 9.17) is 14.2 Å². The van der Waals surface area contributed by atoms with Gasteiger partial charge in [0.1, 0.15) is 13.2 Å². The van der Waals surface area contributed by atoms with Crippen molar-refractivity contribution in [2.75, 3.05) is 13.2 Å². The summed E-state index contributed by atoms with van der Waals surface area (Å²) in [6.07, 6.45) is 91.4. The predicted octanol–water partition coefficient (Wildman–Crippen LogP) is 24.4. The van der Waals surface area contributed by atoms with Gasteiger partial charge in [-0.05, 0) is 89.9 Å². The Bertz CT molecular complexity index is 1490. The minimum Gasteiger partial charge on any atom is -0.462 e. The highest BCUT2D eigenvalue weighted by molar-refractivity contribution is 5.71. The van der Waals surface area contributed by atoms with Crippen LogP contribution in [0.2, 0.25) is 0 Å². The summed E-state index contributed by atoms with van der Waals surface area (Å²) in [6.45, 7) is 6.49. The van der Waals surface area contributed by atoms with Gasteiger partial charge in [-0.2, -0.15) is 0 Å². The lowest BCUT2D eigenvalue weighted by Gasteiger charge is -2.18. The summed E-state index contributed by atoms with van der Waals surface area (Å²) in [5, 5.41) is 0. The van der Waals surface area contributed by atoms with E-state index < -0.39 is 6.10 Å². The molecule has 0 saturated heterocycles. The normalized spacial score (nSPS) is 12.5. The van der Waals surface area contributed by atoms with Crippen LogP contribution in [0.5, 0.6) is 0 Å². The van der Waals surface area contributed by atoms with Crippen molar-refractivity contribution in [1.29, 1.82) is 0 Å². The Morgan fingerprint density at radius 1 is 0.259 bits per heavy atom. The average molecular weight is 1130 g/mol. The van der Waals surface area contributed by atoms with Crippen LogP contribution < -0.4 is 0 Å². The molecule has 0 rings (SSSR count). The van der Waals surface area contributed by atoms with Crippen LogP contribution in [0.3, 0.4) is 0 Å². The Morgan fingerprint density at radius 3 is 0.765 bits per heavy atom. The Kier molecular flexibility index (Phi) is 66.6. The van der Waals surface area contributed by atoms with Crippen molar-refractivity contribution in [3.05, 3.63) is 72.9 Å². The molecule has 6 nitrogen and oxygen atoms in total. The fraction of sp³-hybridized carbons (Fsp3) is 0.800. The molecule has 0 saturated carbocycles. The van der Waals surface area contributed by atoms with Crippen LogP contribution in [0.25, 0.3) is 0 Å². The number of rotatable bonds is 65. The highest BCUT2D eigenvalue weighted by Gasteiger charge is 2.19. The number of unbranched alkanes of at least 4 members (excludes halogenated alkanes) is 42. The first-order chi connectivity index (χ1) is 40.0. The number of ether oxygens (including phenoxy) is 3. The lowest BCUT2D eigenvalue weighted by Crippen LogP contribution is -2.30. The number of esters is 3. The van der Waals surface area contributed by atoms with E-state index in [1.165, 1.54) is 231 Å². The second-order valence-electron chi connectivity index (χ2n) is 23.8. The van der Waals surface area contributed by atoms with Crippen LogP contribution in [0.4, 0.5) is 0 Å². The van der Waals surface area contributed by atoms with Crippen LogP contribution in [0.1, 0.15) is 367 Å². The van der Waals surface area contributed by atoms with Gasteiger partial charge in [-0.1, -0.05) is 331 Å². The molecule has 6 heteroatoms. The zero-order valence-electron chi connectivity index (χ0n) is 54.1. The van der Waals surface area contributed by atoms with Crippen molar-refractivity contribution in [2.45, 2.75) is 374 Å². The molecule has 0 spiro atoms. The number of hydrogen-bond acceptors (Lipinski definition) is 6. The lowest BCUT2D eigenvalue weighted by molar-refractivity contribution is -0.167. The van der Waals surface area contributed by atoms with Gasteiger partial charge in [0.05, 0.1) is 0 Å². The molecular weight excluding hydrogens is 997 g/mol. The summed E-state index contributed by atoms with van der Waals surface area (Å²) < 4.78 is 16.8. The van der Waals surface area contributed by atoms with Crippen molar-refractivity contribution in [2.24, 2.45) is 0 Å². The maximum atomic E-state index is 12.9. The fourth-order valence-electron chi connectivity index (χ4n) is 10.4. The molecular formula is C75H134O6. The third-order valence-corrected chi connectivity index (χ3v) is 15.7. The highest BCUT2D eigenvalue weighted by atomic mass is 16.6. The van der Waals surface area contributed by atoms with Crippen molar-refractivity contribution >= 4 is 17.9 Å². The molecule has 470 valence electrons. The molecule has 0 amide bonds. The van der Waals surface area contributed by atoms with E-state index in [-0.39, 0.29) is 31.1 Å². The van der Waals surface area contributed by atoms with Gasteiger partial charge in [0.15, 0.2) is 6.10 Å². The second kappa shape index (κ2) is 69.3. The molecule has 0 bridgehead atoms. The largest absolute Gasteiger partial charge is 0.462 e. The minimum atomic E-state index is -0.770. The van der Waals surface area contributed by atoms with Gasteiger partial charge in [-0.25, -0.2) is 0 Å². The summed E-state index contributed by atoms with van der Waals surface area (Å²) in [4.78, 5) is 38.0. The summed E-state index contributed by atoms with van der Waals surface area (Å²) in [5.41, 5.74) is 0. The third-order valence-electron chi connectivity index (χ3n) is 15.7. The van der Waals surface area contributed by atoms with Gasteiger partial charge in [0.25, 0.3) is 0 Å². The smallest absolute Gasteiger partial charge is 0.306 e. The maximum absolute atomic E-state index is 12.9. The van der Waals surface area contributed by atoms with Crippen LogP contribution >= 0.6 is 0 Å². The monoisotopic (exact) mass is 1130 g/mol. The van der Waals surface area contributed by atoms with E-state index in [2.05, 4.69) is 93.7 Å². The molecule has 0 aliphatic heterocycles. The number of allylic oxidation sites excluding steroid dienone is 12. The van der Waals surface area contributed by atoms with Gasteiger partial charge >= 0.3 is 17.9 Å². The van der Waals surface area contributed by atoms with Gasteiger partial charge in [0.2, 0.25) is 0 Å². The highest BCUT2D eigenvalue weighted by Crippen LogP contribution is 2.18. The summed E-state index contributed by atoms with van der Waals surface area (Å²) >= 11 is 0. The first-order valence-electron chi connectivity index (χ1n) is 35.4. The van der Waals surface area contributed by atoms with E-state index in [1.807, 2.05) is 0 Å². The molecule has 0 fully saturated rings. The Morgan fingerprint density at radius 2 is 0.481 bits per heavy atom. The van der Waals surface area contributed by atoms with E-state index in [0.717, 1.165) is 96.3 Å². The molecule has 0 N–H and O–H groups in total. The van der Waals surface area contributed by atoms with Crippen LogP contribution in [-0.4, -0.2) is 37.2 Å². The molecule has 81 heavy (non-hydrogen) atoms. The van der Waals surface area contributed by atoms with Crippen molar-refractivity contribution < 1.29 is 28.6 Å². The van der Waals surface area contributed by atoms with Crippen molar-refractivity contribution in [3.8, 4) is 0 Å². The number of hydrogen-bond donors (Lipinski definition) is 0. The number of carbonyl (C=O) groups excluding carboxylic acids is 3. The van der Waals surface area contributed by atoms with Crippen molar-refractivity contribution in [3.63, 3.8) is 0 Å². The van der Waals surface area contributed by atoms with E-state index in [9.17, 15) is 14.4 Å². The zero-order valence-corrected chi connectivity index (χ0v) is 54.1. The molecule has 0 aliphatic rings. The first kappa shape index (κ1) is 77.9. The van der Waals surface area contributed by atoms with Gasteiger partial charge in [-0.3, -0.25) is 14.4 Å². The van der Waals surface area contributed by atoms with Gasteiger partial charge < -0.3 is 14.2 Å². The van der Waals surface area contributed by atoms with E-state index in [0.29, 0.717) is 19.3 Å². The van der Waals surface area contributed by atoms with Crippen LogP contribution in [0, 0.1) is 0 Å². The molecule has 0 aromatic rings. The Labute approximate surface area is 503 Å². The predicted molar refractivity (Wildman–Crippen MR) is 353 cm³/mol. The third kappa shape index (κ3) is 67.5. The molecule has 0 aliphatic carbocycles. The topological polar surface area (TPSA) is 78.9 Å². The van der Waals surface area contributed by atoms with Gasteiger partial charge in [-0.15, -0.1) is 0 Å². The lowest BCUT2D eigenvalue weighted by atomic mass is 10.0. The Hall–Kier alpha value is -3.15. The SMILES string of the molecule is CC/C=C\C/C=C\C/C=C\C/C=C\C/C=C\CCCCCCCCCCCCCCCCCCCC(=O)OCC(COC(=O)CCCCCCC)OC(=O)CCCCCCCCCCCCCCC/C=C\CCCCCCCCCC. The summed E-state index contributed by atoms with van der Waals surface area (Å²) in [6, 6.07) is 0. The summed E-state index contributed by atoms with van der Waals surface area (Å²) in [7, 11) is 0. The van der Waals surface area contributed by atoms with Crippen molar-refractivity contribution in [1.82, 2.24) is 0 Å². The van der Waals surface area contributed by atoms with Crippen LogP contribution in [-0.2, 0) is 28.6 Å². The Balaban J connectivity index is 3.93. The van der Waals surface area contributed by atoms with E-state index >= 15 is 0 Å². The first-order valence-corrected chi connectivity index (χ1v) is 35.4. The second-order valence-corrected chi connectivity index (χ2v) is 23.8. The molecule has 0 radical (unpaired) electrons.